The zero-order valence-corrected chi connectivity index (χ0v) is 11.6. The lowest BCUT2D eigenvalue weighted by Gasteiger charge is -2.32. The Bertz CT molecular complexity index is 707. The van der Waals surface area contributed by atoms with Gasteiger partial charge >= 0.3 is 0 Å². The zero-order valence-electron chi connectivity index (χ0n) is 14.6. The van der Waals surface area contributed by atoms with E-state index >= 15 is 0 Å². The van der Waals surface area contributed by atoms with Gasteiger partial charge in [-0.25, -0.2) is 0 Å². The first-order valence-corrected chi connectivity index (χ1v) is 6.73. The van der Waals surface area contributed by atoms with Crippen molar-refractivity contribution in [3.63, 3.8) is 0 Å². The van der Waals surface area contributed by atoms with Gasteiger partial charge in [-0.15, -0.1) is 0 Å². The summed E-state index contributed by atoms with van der Waals surface area (Å²) in [4.78, 5) is 2.18. The average molecular weight is 254 g/mol. The predicted molar refractivity (Wildman–Crippen MR) is 82.2 cm³/mol. The Hall–Kier alpha value is -1.76. The maximum absolute atomic E-state index is 8.10. The Morgan fingerprint density at radius 2 is 1.68 bits per heavy atom. The third kappa shape index (κ3) is 1.68. The van der Waals surface area contributed by atoms with Crippen molar-refractivity contribution in [2.24, 2.45) is 0 Å². The lowest BCUT2D eigenvalue weighted by Crippen LogP contribution is -2.36. The molecule has 1 nitrogen and oxygen atoms in total. The molecule has 3 rings (SSSR count). The minimum absolute atomic E-state index is 0.140. The van der Waals surface area contributed by atoms with Crippen molar-refractivity contribution in [3.8, 4) is 0 Å². The summed E-state index contributed by atoms with van der Waals surface area (Å²) in [5.74, 6) is 0. The lowest BCUT2D eigenvalue weighted by atomic mass is 9.81. The SMILES string of the molecule is [2H]C([2H])([2H])C1(C)c2ccccc2N(c2ccccc2C)[C@H]1C. The molecular formula is C18H21N. The molecule has 2 aromatic rings. The van der Waals surface area contributed by atoms with E-state index < -0.39 is 12.3 Å². The van der Waals surface area contributed by atoms with Gasteiger partial charge in [-0.2, -0.15) is 0 Å². The van der Waals surface area contributed by atoms with Gasteiger partial charge in [0.15, 0.2) is 0 Å². The highest BCUT2D eigenvalue weighted by molar-refractivity contribution is 5.75. The van der Waals surface area contributed by atoms with Gasteiger partial charge < -0.3 is 4.90 Å². The first-order valence-electron chi connectivity index (χ1n) is 8.23. The summed E-state index contributed by atoms with van der Waals surface area (Å²) in [7, 11) is 0. The molecule has 0 spiro atoms. The van der Waals surface area contributed by atoms with Crippen molar-refractivity contribution in [1.29, 1.82) is 0 Å². The smallest absolute Gasteiger partial charge is 0.0452 e. The molecule has 2 atom stereocenters. The molecule has 2 aromatic carbocycles. The molecule has 1 heteroatoms. The van der Waals surface area contributed by atoms with Crippen molar-refractivity contribution in [1.82, 2.24) is 0 Å². The maximum atomic E-state index is 8.10. The lowest BCUT2D eigenvalue weighted by molar-refractivity contribution is 0.462. The second-order valence-electron chi connectivity index (χ2n) is 5.55. The van der Waals surface area contributed by atoms with Crippen LogP contribution in [0.1, 0.15) is 35.9 Å². The fourth-order valence-corrected chi connectivity index (χ4v) is 2.99. The largest absolute Gasteiger partial charge is 0.337 e. The van der Waals surface area contributed by atoms with Gasteiger partial charge in [-0.05, 0) is 37.1 Å². The Labute approximate surface area is 120 Å². The van der Waals surface area contributed by atoms with Crippen molar-refractivity contribution in [3.05, 3.63) is 59.7 Å². The number of benzene rings is 2. The topological polar surface area (TPSA) is 3.24 Å². The fraction of sp³-hybridized carbons (Fsp3) is 0.333. The fourth-order valence-electron chi connectivity index (χ4n) is 2.99. The molecule has 0 saturated carbocycles. The molecule has 1 aliphatic rings. The van der Waals surface area contributed by atoms with Gasteiger partial charge in [0.05, 0.1) is 0 Å². The van der Waals surface area contributed by atoms with Crippen LogP contribution in [-0.2, 0) is 5.41 Å². The number of para-hydroxylation sites is 2. The first-order chi connectivity index (χ1) is 10.3. The Kier molecular flexibility index (Phi) is 2.00. The van der Waals surface area contributed by atoms with E-state index in [2.05, 4.69) is 24.0 Å². The van der Waals surface area contributed by atoms with Crippen LogP contribution in [0.4, 0.5) is 11.4 Å². The number of fused-ring (bicyclic) bond motifs is 1. The molecule has 98 valence electrons. The van der Waals surface area contributed by atoms with Crippen LogP contribution >= 0.6 is 0 Å². The van der Waals surface area contributed by atoms with E-state index in [9.17, 15) is 0 Å². The molecule has 0 amide bonds. The van der Waals surface area contributed by atoms with Crippen molar-refractivity contribution >= 4 is 11.4 Å². The van der Waals surface area contributed by atoms with Crippen LogP contribution in [0.5, 0.6) is 0 Å². The van der Waals surface area contributed by atoms with Gasteiger partial charge in [0.2, 0.25) is 0 Å². The summed E-state index contributed by atoms with van der Waals surface area (Å²) in [6.45, 7) is 3.89. The van der Waals surface area contributed by atoms with Gasteiger partial charge in [0.1, 0.15) is 0 Å². The van der Waals surface area contributed by atoms with E-state index in [0.29, 0.717) is 0 Å². The van der Waals surface area contributed by atoms with Crippen LogP contribution in [0.25, 0.3) is 0 Å². The molecule has 0 saturated heterocycles. The molecule has 0 aromatic heterocycles. The molecule has 1 unspecified atom stereocenters. The molecular weight excluding hydrogens is 230 g/mol. The van der Waals surface area contributed by atoms with Gasteiger partial charge in [0.25, 0.3) is 0 Å². The normalized spacial score (nSPS) is 28.5. The standard InChI is InChI=1S/C18H21N/c1-13-9-5-7-11-16(13)19-14(2)18(3,4)15-10-6-8-12-17(15)19/h5-12,14H,1-4H3/t14-/m0/s1/i3D3/t14-,18?. The molecule has 0 aliphatic carbocycles. The van der Waals surface area contributed by atoms with Crippen LogP contribution < -0.4 is 4.90 Å². The highest BCUT2D eigenvalue weighted by Gasteiger charge is 2.42. The number of hydrogen-bond acceptors (Lipinski definition) is 1. The summed E-state index contributed by atoms with van der Waals surface area (Å²) < 4.78 is 24.3. The first kappa shape index (κ1) is 9.19. The van der Waals surface area contributed by atoms with Crippen molar-refractivity contribution in [2.75, 3.05) is 4.90 Å². The Morgan fingerprint density at radius 1 is 1.05 bits per heavy atom. The van der Waals surface area contributed by atoms with Gasteiger partial charge in [-0.3, -0.25) is 0 Å². The third-order valence-corrected chi connectivity index (χ3v) is 4.32. The number of anilines is 2. The quantitative estimate of drug-likeness (QED) is 0.705. The summed E-state index contributed by atoms with van der Waals surface area (Å²) in [6, 6.07) is 15.9. The Balaban J connectivity index is 2.26. The monoisotopic (exact) mass is 254 g/mol. The number of aryl methyl sites for hydroxylation is 1. The average Bonchev–Trinajstić information content (AvgIpc) is 2.70. The molecule has 0 N–H and O–H groups in total. The van der Waals surface area contributed by atoms with Crippen molar-refractivity contribution < 1.29 is 4.11 Å². The number of rotatable bonds is 1. The molecule has 0 bridgehead atoms. The molecule has 19 heavy (non-hydrogen) atoms. The van der Waals surface area contributed by atoms with E-state index in [1.165, 1.54) is 0 Å². The van der Waals surface area contributed by atoms with E-state index in [0.717, 1.165) is 22.5 Å². The second kappa shape index (κ2) is 4.12. The summed E-state index contributed by atoms with van der Waals surface area (Å²) in [6.07, 6.45) is 0. The highest BCUT2D eigenvalue weighted by Crippen LogP contribution is 2.48. The van der Waals surface area contributed by atoms with Gasteiger partial charge in [-0.1, -0.05) is 50.2 Å². The van der Waals surface area contributed by atoms with Crippen LogP contribution in [0.15, 0.2) is 48.5 Å². The van der Waals surface area contributed by atoms with E-state index in [1.807, 2.05) is 50.2 Å². The summed E-state index contributed by atoms with van der Waals surface area (Å²) in [5.41, 5.74) is 3.26. The summed E-state index contributed by atoms with van der Waals surface area (Å²) >= 11 is 0. The molecule has 0 fully saturated rings. The Morgan fingerprint density at radius 3 is 2.37 bits per heavy atom. The molecule has 1 aliphatic heterocycles. The molecule has 1 heterocycles. The van der Waals surface area contributed by atoms with E-state index in [1.54, 1.807) is 0 Å². The van der Waals surface area contributed by atoms with E-state index in [4.69, 9.17) is 4.11 Å². The molecule has 0 radical (unpaired) electrons. The number of hydrogen-bond donors (Lipinski definition) is 0. The van der Waals surface area contributed by atoms with Crippen LogP contribution in [-0.4, -0.2) is 6.04 Å². The maximum Gasteiger partial charge on any atom is 0.0452 e. The highest BCUT2D eigenvalue weighted by atomic mass is 15.2. The van der Waals surface area contributed by atoms with Crippen LogP contribution in [0.3, 0.4) is 0 Å². The third-order valence-electron chi connectivity index (χ3n) is 4.32. The van der Waals surface area contributed by atoms with E-state index in [-0.39, 0.29) is 6.04 Å². The summed E-state index contributed by atoms with van der Waals surface area (Å²) in [5, 5.41) is 0. The predicted octanol–water partition coefficient (Wildman–Crippen LogP) is 4.81. The number of nitrogens with zero attached hydrogens (tertiary/aromatic N) is 1. The van der Waals surface area contributed by atoms with Crippen LogP contribution in [0, 0.1) is 6.92 Å². The van der Waals surface area contributed by atoms with Gasteiger partial charge in [0, 0.05) is 26.9 Å². The second-order valence-corrected chi connectivity index (χ2v) is 5.55. The zero-order chi connectivity index (χ0) is 16.1. The minimum atomic E-state index is -2.06. The van der Waals surface area contributed by atoms with Crippen molar-refractivity contribution in [2.45, 2.75) is 39.1 Å². The minimum Gasteiger partial charge on any atom is -0.337 e. The van der Waals surface area contributed by atoms with Crippen LogP contribution in [0.2, 0.25) is 0 Å².